The number of Topliss-reactive ketones (excluding diaryl/α,β-unsaturated/α-hetero) is 1. The molecule has 0 fully saturated rings. The van der Waals surface area contributed by atoms with Gasteiger partial charge in [-0.2, -0.15) is 18.3 Å². The second-order valence-corrected chi connectivity index (χ2v) is 4.39. The molecule has 0 spiro atoms. The van der Waals surface area contributed by atoms with E-state index in [0.29, 0.717) is 22.8 Å². The molecule has 102 valence electrons. The van der Waals surface area contributed by atoms with Crippen LogP contribution < -0.4 is 0 Å². The molecular formula is C11H14ClF3N2O. The number of halogens is 4. The minimum atomic E-state index is -4.31. The fraction of sp³-hybridized carbons (Fsp3) is 0.636. The predicted octanol–water partition coefficient (Wildman–Crippen LogP) is 3.09. The molecule has 1 heterocycles. The van der Waals surface area contributed by atoms with Crippen LogP contribution in [0.2, 0.25) is 5.02 Å². The van der Waals surface area contributed by atoms with E-state index in [1.54, 1.807) is 7.05 Å². The lowest BCUT2D eigenvalue weighted by atomic mass is 10.1. The van der Waals surface area contributed by atoms with Crippen LogP contribution in [-0.2, 0) is 24.7 Å². The largest absolute Gasteiger partial charge is 0.389 e. The molecule has 0 aliphatic heterocycles. The van der Waals surface area contributed by atoms with Crippen LogP contribution in [0.15, 0.2) is 0 Å². The van der Waals surface area contributed by atoms with Gasteiger partial charge in [0, 0.05) is 19.9 Å². The lowest BCUT2D eigenvalue weighted by Crippen LogP contribution is -2.13. The Balaban J connectivity index is 2.68. The third-order valence-corrected chi connectivity index (χ3v) is 2.99. The molecular weight excluding hydrogens is 269 g/mol. The van der Waals surface area contributed by atoms with Gasteiger partial charge in [0.15, 0.2) is 0 Å². The molecule has 3 nitrogen and oxygen atoms in total. The zero-order valence-electron chi connectivity index (χ0n) is 10.1. The number of carbonyl (C=O) groups is 1. The summed E-state index contributed by atoms with van der Waals surface area (Å²) in [5.74, 6) is -0.486. The van der Waals surface area contributed by atoms with Crippen molar-refractivity contribution < 1.29 is 18.0 Å². The number of ketones is 1. The molecule has 0 unspecified atom stereocenters. The van der Waals surface area contributed by atoms with Crippen LogP contribution in [-0.4, -0.2) is 21.7 Å². The molecule has 0 aliphatic carbocycles. The SMILES string of the molecule is CCc1nn(C)c(CC(=O)CCC(F)(F)F)c1Cl. The van der Waals surface area contributed by atoms with Crippen molar-refractivity contribution in [2.24, 2.45) is 7.05 Å². The van der Waals surface area contributed by atoms with Crippen molar-refractivity contribution in [3.8, 4) is 0 Å². The Kier molecular flexibility index (Phi) is 4.78. The number of aromatic nitrogens is 2. The fourth-order valence-corrected chi connectivity index (χ4v) is 1.93. The average molecular weight is 283 g/mol. The Morgan fingerprint density at radius 2 is 2.06 bits per heavy atom. The quantitative estimate of drug-likeness (QED) is 0.832. The molecule has 0 radical (unpaired) electrons. The Hall–Kier alpha value is -1.04. The lowest BCUT2D eigenvalue weighted by Gasteiger charge is -2.05. The Morgan fingerprint density at radius 1 is 1.44 bits per heavy atom. The lowest BCUT2D eigenvalue weighted by molar-refractivity contribution is -0.143. The topological polar surface area (TPSA) is 34.9 Å². The Bertz CT molecular complexity index is 440. The molecule has 0 aliphatic rings. The summed E-state index contributed by atoms with van der Waals surface area (Å²) < 4.78 is 37.4. The summed E-state index contributed by atoms with van der Waals surface area (Å²) in [5.41, 5.74) is 1.12. The first-order chi connectivity index (χ1) is 8.24. The van der Waals surface area contributed by atoms with Gasteiger partial charge in [0.05, 0.1) is 22.8 Å². The van der Waals surface area contributed by atoms with Gasteiger partial charge in [-0.25, -0.2) is 0 Å². The van der Waals surface area contributed by atoms with Crippen LogP contribution in [0.5, 0.6) is 0 Å². The number of rotatable bonds is 5. The monoisotopic (exact) mass is 282 g/mol. The zero-order chi connectivity index (χ0) is 13.9. The molecule has 0 saturated carbocycles. The highest BCUT2D eigenvalue weighted by Crippen LogP contribution is 2.24. The van der Waals surface area contributed by atoms with E-state index < -0.39 is 24.8 Å². The molecule has 1 aromatic rings. The minimum Gasteiger partial charge on any atom is -0.299 e. The molecule has 7 heteroatoms. The summed E-state index contributed by atoms with van der Waals surface area (Å²) in [6.07, 6.45) is -5.42. The summed E-state index contributed by atoms with van der Waals surface area (Å²) in [6.45, 7) is 1.86. The number of nitrogens with zero attached hydrogens (tertiary/aromatic N) is 2. The molecule has 1 rings (SSSR count). The maximum absolute atomic E-state index is 12.0. The van der Waals surface area contributed by atoms with E-state index in [1.807, 2.05) is 6.92 Å². The number of aryl methyl sites for hydroxylation is 2. The van der Waals surface area contributed by atoms with Crippen LogP contribution in [0.25, 0.3) is 0 Å². The highest BCUT2D eigenvalue weighted by molar-refractivity contribution is 6.32. The Morgan fingerprint density at radius 3 is 2.50 bits per heavy atom. The first-order valence-corrected chi connectivity index (χ1v) is 5.91. The van der Waals surface area contributed by atoms with Crippen molar-refractivity contribution >= 4 is 17.4 Å². The normalized spacial score (nSPS) is 11.9. The van der Waals surface area contributed by atoms with Gasteiger partial charge in [-0.15, -0.1) is 0 Å². The van der Waals surface area contributed by atoms with Gasteiger partial charge < -0.3 is 0 Å². The molecule has 0 amide bonds. The molecule has 0 aromatic carbocycles. The minimum absolute atomic E-state index is 0.113. The van der Waals surface area contributed by atoms with Crippen molar-refractivity contribution in [3.05, 3.63) is 16.4 Å². The van der Waals surface area contributed by atoms with Gasteiger partial charge in [0.2, 0.25) is 0 Å². The van der Waals surface area contributed by atoms with E-state index in [4.69, 9.17) is 11.6 Å². The molecule has 1 aromatic heterocycles. The van der Waals surface area contributed by atoms with Crippen molar-refractivity contribution in [1.82, 2.24) is 9.78 Å². The van der Waals surface area contributed by atoms with Gasteiger partial charge >= 0.3 is 6.18 Å². The number of hydrogen-bond donors (Lipinski definition) is 0. The maximum atomic E-state index is 12.0. The van der Waals surface area contributed by atoms with E-state index in [0.717, 1.165) is 0 Å². The average Bonchev–Trinajstić information content (AvgIpc) is 2.53. The van der Waals surface area contributed by atoms with E-state index in [9.17, 15) is 18.0 Å². The second-order valence-electron chi connectivity index (χ2n) is 4.02. The molecule has 18 heavy (non-hydrogen) atoms. The molecule has 0 N–H and O–H groups in total. The van der Waals surface area contributed by atoms with Crippen LogP contribution in [0.1, 0.15) is 31.2 Å². The highest BCUT2D eigenvalue weighted by Gasteiger charge is 2.28. The van der Waals surface area contributed by atoms with Crippen LogP contribution in [0, 0.1) is 0 Å². The van der Waals surface area contributed by atoms with Crippen LogP contribution in [0.3, 0.4) is 0 Å². The third kappa shape index (κ3) is 4.01. The predicted molar refractivity (Wildman–Crippen MR) is 61.6 cm³/mol. The summed E-state index contributed by atoms with van der Waals surface area (Å²) in [4.78, 5) is 11.5. The molecule has 0 bridgehead atoms. The number of carbonyl (C=O) groups excluding carboxylic acids is 1. The van der Waals surface area contributed by atoms with Crippen molar-refractivity contribution in [3.63, 3.8) is 0 Å². The van der Waals surface area contributed by atoms with E-state index in [-0.39, 0.29) is 6.42 Å². The Labute approximate surface area is 108 Å². The summed E-state index contributed by atoms with van der Waals surface area (Å²) in [5, 5.41) is 4.48. The zero-order valence-corrected chi connectivity index (χ0v) is 10.9. The number of alkyl halides is 3. The van der Waals surface area contributed by atoms with Gasteiger partial charge in [0.1, 0.15) is 5.78 Å². The second kappa shape index (κ2) is 5.73. The van der Waals surface area contributed by atoms with Gasteiger partial charge in [0.25, 0.3) is 0 Å². The van der Waals surface area contributed by atoms with Crippen LogP contribution >= 0.6 is 11.6 Å². The summed E-state index contributed by atoms with van der Waals surface area (Å²) in [6, 6.07) is 0. The summed E-state index contributed by atoms with van der Waals surface area (Å²) >= 11 is 6.01. The summed E-state index contributed by atoms with van der Waals surface area (Å²) in [7, 11) is 1.62. The smallest absolute Gasteiger partial charge is 0.299 e. The van der Waals surface area contributed by atoms with Gasteiger partial charge in [-0.3, -0.25) is 9.48 Å². The first-order valence-electron chi connectivity index (χ1n) is 5.53. The standard InChI is InChI=1S/C11H14ClF3N2O/c1-3-8-10(12)9(17(2)16-8)6-7(18)4-5-11(13,14)15/h3-6H2,1-2H3. The number of hydrogen-bond acceptors (Lipinski definition) is 2. The fourth-order valence-electron chi connectivity index (χ4n) is 1.57. The highest BCUT2D eigenvalue weighted by atomic mass is 35.5. The third-order valence-electron chi connectivity index (χ3n) is 2.55. The van der Waals surface area contributed by atoms with E-state index >= 15 is 0 Å². The molecule has 0 atom stereocenters. The van der Waals surface area contributed by atoms with Crippen molar-refractivity contribution in [2.45, 2.75) is 38.8 Å². The van der Waals surface area contributed by atoms with E-state index in [2.05, 4.69) is 5.10 Å². The van der Waals surface area contributed by atoms with Gasteiger partial charge in [-0.05, 0) is 6.42 Å². The van der Waals surface area contributed by atoms with E-state index in [1.165, 1.54) is 4.68 Å². The molecule has 0 saturated heterocycles. The van der Waals surface area contributed by atoms with Crippen LogP contribution in [0.4, 0.5) is 13.2 Å². The van der Waals surface area contributed by atoms with Gasteiger partial charge in [-0.1, -0.05) is 18.5 Å². The maximum Gasteiger partial charge on any atom is 0.389 e. The van der Waals surface area contributed by atoms with Crippen molar-refractivity contribution in [1.29, 1.82) is 0 Å². The first kappa shape index (κ1) is 15.0. The van der Waals surface area contributed by atoms with Crippen molar-refractivity contribution in [2.75, 3.05) is 0 Å².